The van der Waals surface area contributed by atoms with Crippen molar-refractivity contribution >= 4 is 21.3 Å². The van der Waals surface area contributed by atoms with Gasteiger partial charge >= 0.3 is 0 Å². The molecule has 2 aromatic carbocycles. The third kappa shape index (κ3) is 4.03. The molecule has 2 aliphatic heterocycles. The van der Waals surface area contributed by atoms with Crippen molar-refractivity contribution in [2.75, 3.05) is 44.9 Å². The second-order valence-corrected chi connectivity index (χ2v) is 10.5. The van der Waals surface area contributed by atoms with Gasteiger partial charge in [-0.05, 0) is 74.0 Å². The standard InChI is InChI=1S/C23H26N4O3S/c1-25-31(2,29)19-6-4-18(5-7-19)30-14-13-27-11-9-23(10-12-27)20-15-17(16-24)3-8-21(20)26-22(23)28/h3-8,15H,9-14H2,1-2H3,(H,26,28). The largest absolute Gasteiger partial charge is 0.492 e. The SMILES string of the molecule is CN=S(C)(=O)c1ccc(OCCN2CCC3(CC2)C(=O)Nc2ccc(C#N)cc23)cc1. The van der Waals surface area contributed by atoms with E-state index < -0.39 is 15.1 Å². The third-order valence-corrected chi connectivity index (χ3v) is 8.19. The molecule has 8 heteroatoms. The molecular formula is C23H26N4O3S. The van der Waals surface area contributed by atoms with Gasteiger partial charge in [0.25, 0.3) is 0 Å². The fraction of sp³-hybridized carbons (Fsp3) is 0.391. The molecule has 1 amide bonds. The van der Waals surface area contributed by atoms with E-state index in [-0.39, 0.29) is 5.91 Å². The molecule has 162 valence electrons. The third-order valence-electron chi connectivity index (χ3n) is 6.34. The highest BCUT2D eigenvalue weighted by atomic mass is 32.2. The van der Waals surface area contributed by atoms with E-state index >= 15 is 0 Å². The van der Waals surface area contributed by atoms with Crippen molar-refractivity contribution in [1.29, 1.82) is 5.26 Å². The predicted octanol–water partition coefficient (Wildman–Crippen LogP) is 3.01. The smallest absolute Gasteiger partial charge is 0.235 e. The highest BCUT2D eigenvalue weighted by Gasteiger charge is 2.48. The summed E-state index contributed by atoms with van der Waals surface area (Å²) in [4.78, 5) is 15.8. The molecule has 31 heavy (non-hydrogen) atoms. The maximum Gasteiger partial charge on any atom is 0.235 e. The van der Waals surface area contributed by atoms with Crippen molar-refractivity contribution in [1.82, 2.24) is 4.90 Å². The molecule has 2 aromatic rings. The van der Waals surface area contributed by atoms with E-state index in [1.54, 1.807) is 31.5 Å². The van der Waals surface area contributed by atoms with Gasteiger partial charge in [0.05, 0.1) is 26.8 Å². The molecule has 2 aliphatic rings. The van der Waals surface area contributed by atoms with Crippen LogP contribution in [0.15, 0.2) is 51.7 Å². The van der Waals surface area contributed by atoms with Gasteiger partial charge in [0.2, 0.25) is 5.91 Å². The average Bonchev–Trinajstić information content (AvgIpc) is 3.06. The zero-order valence-electron chi connectivity index (χ0n) is 17.8. The topological polar surface area (TPSA) is 94.8 Å². The lowest BCUT2D eigenvalue weighted by Gasteiger charge is -2.37. The molecule has 1 spiro atoms. The zero-order valence-corrected chi connectivity index (χ0v) is 18.6. The van der Waals surface area contributed by atoms with Crippen LogP contribution in [0.1, 0.15) is 24.0 Å². The highest BCUT2D eigenvalue weighted by Crippen LogP contribution is 2.45. The summed E-state index contributed by atoms with van der Waals surface area (Å²) in [6.45, 7) is 2.89. The number of piperidine rings is 1. The molecule has 2 heterocycles. The van der Waals surface area contributed by atoms with E-state index in [0.717, 1.165) is 49.5 Å². The van der Waals surface area contributed by atoms with Gasteiger partial charge in [0, 0.05) is 30.4 Å². The Morgan fingerprint density at radius 1 is 1.23 bits per heavy atom. The summed E-state index contributed by atoms with van der Waals surface area (Å²) in [6, 6.07) is 14.8. The summed E-state index contributed by atoms with van der Waals surface area (Å²) in [5.74, 6) is 0.775. The van der Waals surface area contributed by atoms with Gasteiger partial charge in [-0.15, -0.1) is 0 Å². The minimum Gasteiger partial charge on any atom is -0.492 e. The van der Waals surface area contributed by atoms with E-state index in [1.807, 2.05) is 24.3 Å². The van der Waals surface area contributed by atoms with Gasteiger partial charge in [0.15, 0.2) is 0 Å². The van der Waals surface area contributed by atoms with Crippen LogP contribution in [-0.2, 0) is 19.9 Å². The number of anilines is 1. The molecule has 1 atom stereocenters. The number of nitrogens with zero attached hydrogens (tertiary/aromatic N) is 3. The number of carbonyl (C=O) groups is 1. The molecule has 0 aliphatic carbocycles. The first-order valence-corrected chi connectivity index (χ1v) is 12.2. The number of rotatable bonds is 5. The Morgan fingerprint density at radius 2 is 1.94 bits per heavy atom. The van der Waals surface area contributed by atoms with Crippen LogP contribution < -0.4 is 10.1 Å². The summed E-state index contributed by atoms with van der Waals surface area (Å²) in [5.41, 5.74) is 1.84. The molecule has 0 aromatic heterocycles. The Labute approximate surface area is 183 Å². The Morgan fingerprint density at radius 3 is 2.58 bits per heavy atom. The maximum absolute atomic E-state index is 12.8. The van der Waals surface area contributed by atoms with Crippen LogP contribution in [0.3, 0.4) is 0 Å². The van der Waals surface area contributed by atoms with Crippen LogP contribution in [0.4, 0.5) is 5.69 Å². The molecule has 4 rings (SSSR count). The fourth-order valence-corrected chi connectivity index (χ4v) is 5.18. The first-order chi connectivity index (χ1) is 14.9. The van der Waals surface area contributed by atoms with E-state index in [4.69, 9.17) is 4.74 Å². The summed E-state index contributed by atoms with van der Waals surface area (Å²) in [7, 11) is -0.772. The molecule has 1 fully saturated rings. The van der Waals surface area contributed by atoms with Crippen LogP contribution in [0, 0.1) is 11.3 Å². The first kappa shape index (κ1) is 21.3. The molecule has 0 bridgehead atoms. The van der Waals surface area contributed by atoms with Crippen molar-refractivity contribution in [3.63, 3.8) is 0 Å². The number of amides is 1. The molecule has 0 radical (unpaired) electrons. The predicted molar refractivity (Wildman–Crippen MR) is 120 cm³/mol. The van der Waals surface area contributed by atoms with Crippen LogP contribution in [0.5, 0.6) is 5.75 Å². The van der Waals surface area contributed by atoms with E-state index in [9.17, 15) is 14.3 Å². The van der Waals surface area contributed by atoms with Gasteiger partial charge in [0.1, 0.15) is 12.4 Å². The quantitative estimate of drug-likeness (QED) is 0.774. The minimum absolute atomic E-state index is 0.0416. The van der Waals surface area contributed by atoms with Crippen LogP contribution in [-0.4, -0.2) is 54.6 Å². The lowest BCUT2D eigenvalue weighted by Crippen LogP contribution is -2.47. The van der Waals surface area contributed by atoms with Gasteiger partial charge < -0.3 is 10.1 Å². The van der Waals surface area contributed by atoms with Crippen molar-refractivity contribution in [2.24, 2.45) is 4.36 Å². The lowest BCUT2D eigenvalue weighted by molar-refractivity contribution is -0.122. The van der Waals surface area contributed by atoms with E-state index in [1.165, 1.54) is 0 Å². The molecule has 1 unspecified atom stereocenters. The number of fused-ring (bicyclic) bond motifs is 2. The van der Waals surface area contributed by atoms with Crippen LogP contribution >= 0.6 is 0 Å². The summed E-state index contributed by atoms with van der Waals surface area (Å²) in [5, 5.41) is 12.2. The summed E-state index contributed by atoms with van der Waals surface area (Å²) < 4.78 is 22.1. The first-order valence-electron chi connectivity index (χ1n) is 10.3. The molecular weight excluding hydrogens is 412 g/mol. The number of hydrogen-bond donors (Lipinski definition) is 1. The van der Waals surface area contributed by atoms with Gasteiger partial charge in [-0.3, -0.25) is 9.69 Å². The normalized spacial score (nSPS) is 19.2. The van der Waals surface area contributed by atoms with Crippen LogP contribution in [0.25, 0.3) is 0 Å². The average molecular weight is 439 g/mol. The second-order valence-electron chi connectivity index (χ2n) is 8.05. The monoisotopic (exact) mass is 438 g/mol. The van der Waals surface area contributed by atoms with Crippen molar-refractivity contribution in [3.05, 3.63) is 53.6 Å². The van der Waals surface area contributed by atoms with Crippen LogP contribution in [0.2, 0.25) is 0 Å². The number of benzene rings is 2. The molecule has 0 saturated carbocycles. The Hall–Kier alpha value is -2.89. The molecule has 1 saturated heterocycles. The van der Waals surface area contributed by atoms with Crippen molar-refractivity contribution in [2.45, 2.75) is 23.2 Å². The number of nitriles is 1. The van der Waals surface area contributed by atoms with E-state index in [0.29, 0.717) is 17.1 Å². The second kappa shape index (κ2) is 8.33. The van der Waals surface area contributed by atoms with Crippen molar-refractivity contribution in [3.8, 4) is 11.8 Å². The zero-order chi connectivity index (χ0) is 22.1. The minimum atomic E-state index is -2.33. The number of ether oxygens (including phenoxy) is 1. The number of carbonyl (C=O) groups excluding carboxylic acids is 1. The highest BCUT2D eigenvalue weighted by molar-refractivity contribution is 7.93. The van der Waals surface area contributed by atoms with E-state index in [2.05, 4.69) is 20.6 Å². The van der Waals surface area contributed by atoms with Gasteiger partial charge in [-0.1, -0.05) is 0 Å². The molecule has 1 N–H and O–H groups in total. The number of nitrogens with one attached hydrogen (secondary N) is 1. The summed E-state index contributed by atoms with van der Waals surface area (Å²) in [6.07, 6.45) is 3.07. The van der Waals surface area contributed by atoms with Gasteiger partial charge in [-0.2, -0.15) is 5.26 Å². The van der Waals surface area contributed by atoms with Crippen molar-refractivity contribution < 1.29 is 13.7 Å². The lowest BCUT2D eigenvalue weighted by atomic mass is 9.73. The Balaban J connectivity index is 1.33. The number of hydrogen-bond acceptors (Lipinski definition) is 6. The molecule has 7 nitrogen and oxygen atoms in total. The fourth-order valence-electron chi connectivity index (χ4n) is 4.32. The summed E-state index contributed by atoms with van der Waals surface area (Å²) >= 11 is 0. The number of likely N-dealkylation sites (tertiary alicyclic amines) is 1. The Bertz CT molecular complexity index is 1150. The maximum atomic E-state index is 12.8. The van der Waals surface area contributed by atoms with Gasteiger partial charge in [-0.25, -0.2) is 8.57 Å². The Kier molecular flexibility index (Phi) is 5.73.